The average molecular weight is 584 g/mol. The van der Waals surface area contributed by atoms with Crippen LogP contribution in [0, 0.1) is 11.8 Å². The number of carbonyl (C=O) groups is 3. The van der Waals surface area contributed by atoms with Gasteiger partial charge in [0.1, 0.15) is 23.2 Å². The molecule has 2 aromatic rings. The van der Waals surface area contributed by atoms with Gasteiger partial charge in [0.25, 0.3) is 0 Å². The number of unbranched alkanes of at least 4 members (excludes halogenated alkanes) is 4. The molecule has 2 aliphatic heterocycles. The minimum atomic E-state index is -3.65. The molecule has 1 fully saturated rings. The fourth-order valence-electron chi connectivity index (χ4n) is 5.84. The Balaban J connectivity index is 1.67. The number of carboxylic acids is 1. The van der Waals surface area contributed by atoms with E-state index in [1.165, 1.54) is 17.7 Å². The molecule has 1 saturated heterocycles. The van der Waals surface area contributed by atoms with E-state index in [4.69, 9.17) is 9.47 Å². The number of amides is 1. The average Bonchev–Trinajstić information content (AvgIpc) is 3.48. The van der Waals surface area contributed by atoms with Crippen molar-refractivity contribution in [2.75, 3.05) is 19.6 Å². The number of aliphatic hydroxyl groups excluding tert-OH is 1. The van der Waals surface area contributed by atoms with Gasteiger partial charge in [-0.1, -0.05) is 39.5 Å². The fraction of sp³-hybridized carbons (Fsp3) is 0.600. The molecular formula is C25H33N3O9S2. The van der Waals surface area contributed by atoms with Crippen LogP contribution in [0.4, 0.5) is 4.79 Å². The molecule has 0 radical (unpaired) electrons. The molecule has 0 aromatic carbocycles. The van der Waals surface area contributed by atoms with Gasteiger partial charge < -0.3 is 24.5 Å². The van der Waals surface area contributed by atoms with Gasteiger partial charge in [0.15, 0.2) is 26.5 Å². The highest BCUT2D eigenvalue weighted by molar-refractivity contribution is 7.91. The number of carboxylic acid groups (broad SMARTS) is 1. The predicted molar refractivity (Wildman–Crippen MR) is 138 cm³/mol. The van der Waals surface area contributed by atoms with Crippen LogP contribution in [-0.2, 0) is 28.9 Å². The second-order valence-electron chi connectivity index (χ2n) is 10.2. The van der Waals surface area contributed by atoms with E-state index in [2.05, 4.69) is 11.9 Å². The minimum absolute atomic E-state index is 0.139. The summed E-state index contributed by atoms with van der Waals surface area (Å²) in [5.41, 5.74) is -0.113. The van der Waals surface area contributed by atoms with Crippen molar-refractivity contribution < 1.29 is 47.0 Å². The first-order chi connectivity index (χ1) is 18.4. The summed E-state index contributed by atoms with van der Waals surface area (Å²) in [5.74, 6) is -3.70. The molecule has 0 spiro atoms. The molecule has 0 bridgehead atoms. The van der Waals surface area contributed by atoms with Gasteiger partial charge in [-0.3, -0.25) is 4.40 Å². The van der Waals surface area contributed by atoms with Crippen molar-refractivity contribution in [3.05, 3.63) is 23.1 Å². The lowest BCUT2D eigenvalue weighted by molar-refractivity contribution is -0.892. The molecule has 4 heterocycles. The number of rotatable bonds is 12. The Morgan fingerprint density at radius 2 is 1.95 bits per heavy atom. The van der Waals surface area contributed by atoms with Gasteiger partial charge in [0.2, 0.25) is 6.73 Å². The Kier molecular flexibility index (Phi) is 8.22. The third kappa shape index (κ3) is 4.98. The van der Waals surface area contributed by atoms with E-state index in [9.17, 15) is 33.0 Å². The van der Waals surface area contributed by atoms with Gasteiger partial charge in [0, 0.05) is 23.9 Å². The standard InChI is InChI=1S/C25H33N3O9S2/c1-5-6-7-8-9-10-36-25(33)37-13-28-19(18(15(3)29)23(28)30)14(2)17(20(28)24(31)32)16-11-27-12-26-21(22(27)38-16)39(4,34)35/h11-12,14-15,18-19,29H,5-10,13H2,1-4H3/t14-,15+,18+,19+,28?/m0/s1. The molecule has 1 unspecified atom stereocenters. The largest absolute Gasteiger partial charge is 0.540 e. The zero-order valence-corrected chi connectivity index (χ0v) is 23.9. The van der Waals surface area contributed by atoms with E-state index in [0.717, 1.165) is 43.3 Å². The van der Waals surface area contributed by atoms with E-state index in [0.29, 0.717) is 16.1 Å². The smallest absolute Gasteiger partial charge is 0.512 e. The van der Waals surface area contributed by atoms with Crippen LogP contribution in [0.2, 0.25) is 0 Å². The lowest BCUT2D eigenvalue weighted by Gasteiger charge is -2.52. The number of aliphatic hydroxyl groups is 1. The van der Waals surface area contributed by atoms with E-state index in [1.807, 2.05) is 0 Å². The van der Waals surface area contributed by atoms with Gasteiger partial charge >= 0.3 is 12.1 Å². The molecule has 0 saturated carbocycles. The first-order valence-electron chi connectivity index (χ1n) is 12.9. The number of thiazole rings is 1. The van der Waals surface area contributed by atoms with Crippen LogP contribution in [0.25, 0.3) is 10.4 Å². The maximum atomic E-state index is 13.5. The normalized spacial score (nSPS) is 25.5. The van der Waals surface area contributed by atoms with Crippen LogP contribution in [-0.4, -0.2) is 77.2 Å². The van der Waals surface area contributed by atoms with Crippen LogP contribution in [0.15, 0.2) is 23.2 Å². The maximum Gasteiger partial charge on any atom is 0.512 e. The SMILES string of the molecule is CCCCCCCOC(=O)OC[N+]12C(=O)[C@H]([C@@H](C)O)[C@H]1[C@@H](C)C(c1cn3cnc(S(C)(=O)=O)c3s1)=C2C(=O)[O-]. The van der Waals surface area contributed by atoms with Crippen molar-refractivity contribution in [1.29, 1.82) is 0 Å². The molecule has 5 atom stereocenters. The lowest BCUT2D eigenvalue weighted by atomic mass is 9.75. The molecule has 2 aromatic heterocycles. The van der Waals surface area contributed by atoms with E-state index >= 15 is 0 Å². The highest BCUT2D eigenvalue weighted by Crippen LogP contribution is 2.57. The molecule has 12 nitrogen and oxygen atoms in total. The Morgan fingerprint density at radius 3 is 2.56 bits per heavy atom. The summed E-state index contributed by atoms with van der Waals surface area (Å²) in [5, 5.41) is 22.8. The first-order valence-corrected chi connectivity index (χ1v) is 15.6. The zero-order valence-electron chi connectivity index (χ0n) is 22.3. The monoisotopic (exact) mass is 583 g/mol. The summed E-state index contributed by atoms with van der Waals surface area (Å²) >= 11 is 1.02. The third-order valence-corrected chi connectivity index (χ3v) is 9.81. The van der Waals surface area contributed by atoms with Gasteiger partial charge in [-0.2, -0.15) is 4.48 Å². The number of aliphatic carboxylic acids is 1. The highest BCUT2D eigenvalue weighted by atomic mass is 32.2. The summed E-state index contributed by atoms with van der Waals surface area (Å²) < 4.78 is 35.4. The first kappa shape index (κ1) is 29.2. The van der Waals surface area contributed by atoms with Gasteiger partial charge in [-0.05, 0) is 13.3 Å². The molecule has 39 heavy (non-hydrogen) atoms. The molecule has 214 valence electrons. The molecule has 0 aliphatic carbocycles. The van der Waals surface area contributed by atoms with Crippen LogP contribution in [0.3, 0.4) is 0 Å². The van der Waals surface area contributed by atoms with Crippen molar-refractivity contribution in [3.8, 4) is 0 Å². The number of ether oxygens (including phenoxy) is 2. The number of carbonyl (C=O) groups excluding carboxylic acids is 3. The van der Waals surface area contributed by atoms with E-state index < -0.39 is 63.1 Å². The molecule has 1 amide bonds. The molecule has 1 N–H and O–H groups in total. The quantitative estimate of drug-likeness (QED) is 0.168. The van der Waals surface area contributed by atoms with Crippen LogP contribution >= 0.6 is 11.3 Å². The van der Waals surface area contributed by atoms with Crippen molar-refractivity contribution in [3.63, 3.8) is 0 Å². The van der Waals surface area contributed by atoms with Crippen LogP contribution in [0.1, 0.15) is 57.8 Å². The van der Waals surface area contributed by atoms with E-state index in [-0.39, 0.29) is 22.9 Å². The van der Waals surface area contributed by atoms with Crippen LogP contribution in [0.5, 0.6) is 0 Å². The van der Waals surface area contributed by atoms with E-state index in [1.54, 1.807) is 13.1 Å². The summed E-state index contributed by atoms with van der Waals surface area (Å²) in [7, 11) is -3.65. The number of nitrogens with zero attached hydrogens (tertiary/aromatic N) is 3. The number of quaternary nitrogens is 1. The topological polar surface area (TPSA) is 164 Å². The number of sulfone groups is 1. The summed E-state index contributed by atoms with van der Waals surface area (Å²) in [6.45, 7) is 4.78. The van der Waals surface area contributed by atoms with Crippen molar-refractivity contribution in [2.45, 2.75) is 70.0 Å². The Morgan fingerprint density at radius 1 is 1.26 bits per heavy atom. The molecular weight excluding hydrogens is 550 g/mol. The number of fused-ring (bicyclic) bond motifs is 2. The second kappa shape index (κ2) is 11.0. The molecule has 4 rings (SSSR count). The molecule has 14 heteroatoms. The Bertz CT molecular complexity index is 1430. The van der Waals surface area contributed by atoms with Crippen molar-refractivity contribution >= 4 is 49.6 Å². The number of hydrogen-bond acceptors (Lipinski definition) is 11. The number of β-lactam (4-membered cyclic amide) rings is 1. The number of hydrogen-bond donors (Lipinski definition) is 1. The minimum Gasteiger partial charge on any atom is -0.540 e. The summed E-state index contributed by atoms with van der Waals surface area (Å²) in [4.78, 5) is 43.1. The Hall–Kier alpha value is -2.81. The zero-order chi connectivity index (χ0) is 28.7. The lowest BCUT2D eigenvalue weighted by Crippen LogP contribution is -2.77. The summed E-state index contributed by atoms with van der Waals surface area (Å²) in [6.07, 6.45) is 6.53. The Labute approximate surface area is 230 Å². The predicted octanol–water partition coefficient (Wildman–Crippen LogP) is 1.71. The number of aromatic nitrogens is 2. The van der Waals surface area contributed by atoms with Gasteiger partial charge in [-0.25, -0.2) is 23.0 Å². The summed E-state index contributed by atoms with van der Waals surface area (Å²) in [6, 6.07) is -0.740. The van der Waals surface area contributed by atoms with Crippen molar-refractivity contribution in [2.24, 2.45) is 11.8 Å². The maximum absolute atomic E-state index is 13.5. The third-order valence-electron chi connectivity index (χ3n) is 7.54. The fourth-order valence-corrected chi connectivity index (χ4v) is 8.19. The second-order valence-corrected chi connectivity index (χ2v) is 13.2. The number of imidazole rings is 1. The van der Waals surface area contributed by atoms with Crippen LogP contribution < -0.4 is 5.11 Å². The van der Waals surface area contributed by atoms with Gasteiger partial charge in [-0.15, -0.1) is 11.3 Å². The highest BCUT2D eigenvalue weighted by Gasteiger charge is 2.74. The molecule has 2 aliphatic rings. The van der Waals surface area contributed by atoms with Gasteiger partial charge in [0.05, 0.1) is 17.6 Å². The van der Waals surface area contributed by atoms with Crippen molar-refractivity contribution in [1.82, 2.24) is 9.38 Å².